The van der Waals surface area contributed by atoms with Gasteiger partial charge in [0, 0.05) is 45.0 Å². The van der Waals surface area contributed by atoms with Crippen LogP contribution < -0.4 is 5.32 Å². The van der Waals surface area contributed by atoms with Crippen molar-refractivity contribution in [3.63, 3.8) is 0 Å². The molecule has 0 spiro atoms. The van der Waals surface area contributed by atoms with Crippen LogP contribution in [0.1, 0.15) is 44.2 Å². The van der Waals surface area contributed by atoms with Crippen LogP contribution in [0.2, 0.25) is 0 Å². The Bertz CT molecular complexity index is 599. The first-order chi connectivity index (χ1) is 12.5. The Balaban J connectivity index is 1.60. The molecule has 3 rings (SSSR count). The molecule has 0 radical (unpaired) electrons. The van der Waals surface area contributed by atoms with E-state index in [-0.39, 0.29) is 18.2 Å². The number of aryl methyl sites for hydroxylation is 1. The highest BCUT2D eigenvalue weighted by atomic mass is 16.5. The minimum absolute atomic E-state index is 0.00818. The number of ether oxygens (including phenoxy) is 1. The van der Waals surface area contributed by atoms with Crippen LogP contribution in [0.5, 0.6) is 0 Å². The van der Waals surface area contributed by atoms with Crippen molar-refractivity contribution in [2.45, 2.75) is 50.8 Å². The number of carbonyl (C=O) groups is 1. The molecule has 0 aliphatic carbocycles. The van der Waals surface area contributed by atoms with E-state index < -0.39 is 0 Å². The van der Waals surface area contributed by atoms with Gasteiger partial charge in [0.15, 0.2) is 0 Å². The molecule has 0 saturated carbocycles. The number of aromatic nitrogens is 2. The number of rotatable bonds is 5. The summed E-state index contributed by atoms with van der Waals surface area (Å²) in [4.78, 5) is 16.9. The highest BCUT2D eigenvalue weighted by Gasteiger charge is 2.33. The maximum Gasteiger partial charge on any atom is 0.317 e. The minimum Gasteiger partial charge on any atom is -0.376 e. The van der Waals surface area contributed by atoms with E-state index in [0.29, 0.717) is 12.0 Å². The molecular weight excluding hydrogens is 330 g/mol. The van der Waals surface area contributed by atoms with Gasteiger partial charge < -0.3 is 15.0 Å². The third kappa shape index (κ3) is 4.38. The maximum absolute atomic E-state index is 12.6. The van der Waals surface area contributed by atoms with Crippen molar-refractivity contribution in [1.82, 2.24) is 24.9 Å². The Morgan fingerprint density at radius 1 is 1.42 bits per heavy atom. The van der Waals surface area contributed by atoms with Gasteiger partial charge in [-0.05, 0) is 52.1 Å². The summed E-state index contributed by atoms with van der Waals surface area (Å²) in [5, 5.41) is 7.45. The van der Waals surface area contributed by atoms with Crippen molar-refractivity contribution in [1.29, 1.82) is 0 Å². The molecule has 3 heterocycles. The molecule has 0 bridgehead atoms. The number of urea groups is 1. The van der Waals surface area contributed by atoms with Crippen molar-refractivity contribution >= 4 is 6.03 Å². The quantitative estimate of drug-likeness (QED) is 0.869. The number of nitrogens with zero attached hydrogens (tertiary/aromatic N) is 4. The van der Waals surface area contributed by atoms with Gasteiger partial charge in [0.1, 0.15) is 0 Å². The van der Waals surface area contributed by atoms with Crippen LogP contribution in [0.4, 0.5) is 4.79 Å². The first kappa shape index (κ1) is 19.2. The largest absolute Gasteiger partial charge is 0.376 e. The van der Waals surface area contributed by atoms with Gasteiger partial charge in [0.2, 0.25) is 0 Å². The minimum atomic E-state index is -0.00818. The predicted octanol–water partition coefficient (Wildman–Crippen LogP) is 2.01. The lowest BCUT2D eigenvalue weighted by Gasteiger charge is -2.40. The fraction of sp³-hybridized carbons (Fsp3) is 0.789. The second-order valence-electron chi connectivity index (χ2n) is 7.95. The summed E-state index contributed by atoms with van der Waals surface area (Å²) in [6, 6.07) is 0.352. The molecule has 1 N–H and O–H groups in total. The first-order valence-corrected chi connectivity index (χ1v) is 9.77. The van der Waals surface area contributed by atoms with E-state index in [9.17, 15) is 4.79 Å². The third-order valence-electron chi connectivity index (χ3n) is 5.80. The number of carbonyl (C=O) groups excluding carboxylic acids is 1. The standard InChI is InChI=1S/C19H33N5O2/c1-14(17-8-6-10-26-17)21-19(25)23(3)12-15-7-5-9-22(2)18(15)16-11-20-24(4)13-16/h11,13-15,17-18H,5-10,12H2,1-4H3,(H,21,25)/t14-,15-,17-,18+/m0/s1. The van der Waals surface area contributed by atoms with Crippen LogP contribution in [0, 0.1) is 5.92 Å². The normalized spacial score (nSPS) is 28.1. The summed E-state index contributed by atoms with van der Waals surface area (Å²) in [6.07, 6.45) is 8.61. The number of likely N-dealkylation sites (tertiary alicyclic amines) is 1. The van der Waals surface area contributed by atoms with Gasteiger partial charge in [-0.3, -0.25) is 9.58 Å². The highest BCUT2D eigenvalue weighted by Crippen LogP contribution is 2.35. The monoisotopic (exact) mass is 363 g/mol. The lowest BCUT2D eigenvalue weighted by Crippen LogP contribution is -2.49. The van der Waals surface area contributed by atoms with Crippen LogP contribution in [0.15, 0.2) is 12.4 Å². The van der Waals surface area contributed by atoms with Crippen LogP contribution in [0.3, 0.4) is 0 Å². The molecule has 1 aromatic rings. The van der Waals surface area contributed by atoms with Crippen molar-refractivity contribution in [3.8, 4) is 0 Å². The molecule has 2 saturated heterocycles. The number of hydrogen-bond acceptors (Lipinski definition) is 4. The summed E-state index contributed by atoms with van der Waals surface area (Å²) >= 11 is 0. The van der Waals surface area contributed by atoms with Crippen LogP contribution in [-0.2, 0) is 11.8 Å². The smallest absolute Gasteiger partial charge is 0.317 e. The van der Waals surface area contributed by atoms with Gasteiger partial charge in [-0.2, -0.15) is 5.10 Å². The topological polar surface area (TPSA) is 62.6 Å². The average molecular weight is 364 g/mol. The van der Waals surface area contributed by atoms with E-state index in [0.717, 1.165) is 39.0 Å². The lowest BCUT2D eigenvalue weighted by atomic mass is 9.86. The summed E-state index contributed by atoms with van der Waals surface area (Å²) in [7, 11) is 6.02. The Labute approximate surface area is 156 Å². The first-order valence-electron chi connectivity index (χ1n) is 9.77. The zero-order valence-electron chi connectivity index (χ0n) is 16.5. The molecule has 2 aliphatic rings. The molecule has 26 heavy (non-hydrogen) atoms. The van der Waals surface area contributed by atoms with Crippen LogP contribution in [0.25, 0.3) is 0 Å². The van der Waals surface area contributed by atoms with Gasteiger partial charge in [0.25, 0.3) is 0 Å². The molecule has 4 atom stereocenters. The Hall–Kier alpha value is -1.60. The molecule has 0 unspecified atom stereocenters. The summed E-state index contributed by atoms with van der Waals surface area (Å²) in [6.45, 7) is 4.67. The van der Waals surface area contributed by atoms with Crippen molar-refractivity contribution < 1.29 is 9.53 Å². The van der Waals surface area contributed by atoms with E-state index in [1.54, 1.807) is 0 Å². The van der Waals surface area contributed by atoms with Crippen molar-refractivity contribution in [3.05, 3.63) is 18.0 Å². The van der Waals surface area contributed by atoms with E-state index >= 15 is 0 Å². The fourth-order valence-corrected chi connectivity index (χ4v) is 4.40. The maximum atomic E-state index is 12.6. The predicted molar refractivity (Wildman–Crippen MR) is 101 cm³/mol. The summed E-state index contributed by atoms with van der Waals surface area (Å²) < 4.78 is 7.54. The fourth-order valence-electron chi connectivity index (χ4n) is 4.40. The van der Waals surface area contributed by atoms with Crippen molar-refractivity contribution in [2.24, 2.45) is 13.0 Å². The van der Waals surface area contributed by atoms with Gasteiger partial charge in [-0.25, -0.2) is 4.79 Å². The zero-order valence-corrected chi connectivity index (χ0v) is 16.5. The van der Waals surface area contributed by atoms with Crippen molar-refractivity contribution in [2.75, 3.05) is 33.8 Å². The van der Waals surface area contributed by atoms with E-state index in [2.05, 4.69) is 28.6 Å². The van der Waals surface area contributed by atoms with E-state index in [4.69, 9.17) is 4.74 Å². The third-order valence-corrected chi connectivity index (χ3v) is 5.80. The molecule has 2 amide bonds. The molecule has 7 nitrogen and oxygen atoms in total. The number of piperidine rings is 1. The van der Waals surface area contributed by atoms with Crippen LogP contribution in [-0.4, -0.2) is 71.5 Å². The molecule has 2 aliphatic heterocycles. The second kappa shape index (κ2) is 8.39. The number of hydrogen-bond donors (Lipinski definition) is 1. The molecule has 146 valence electrons. The molecule has 1 aromatic heterocycles. The lowest BCUT2D eigenvalue weighted by molar-refractivity contribution is 0.0793. The van der Waals surface area contributed by atoms with E-state index in [1.165, 1.54) is 12.0 Å². The van der Waals surface area contributed by atoms with Gasteiger partial charge in [0.05, 0.1) is 18.3 Å². The highest BCUT2D eigenvalue weighted by molar-refractivity contribution is 5.74. The Morgan fingerprint density at radius 2 is 2.23 bits per heavy atom. The Morgan fingerprint density at radius 3 is 2.88 bits per heavy atom. The van der Waals surface area contributed by atoms with Gasteiger partial charge >= 0.3 is 6.03 Å². The van der Waals surface area contributed by atoms with Crippen LogP contribution >= 0.6 is 0 Å². The molecule has 0 aromatic carbocycles. The van der Waals surface area contributed by atoms with E-state index in [1.807, 2.05) is 36.8 Å². The number of amides is 2. The molecule has 2 fully saturated rings. The molecule has 7 heteroatoms. The average Bonchev–Trinajstić information content (AvgIpc) is 3.26. The summed E-state index contributed by atoms with van der Waals surface area (Å²) in [5.74, 6) is 0.409. The zero-order chi connectivity index (χ0) is 18.7. The summed E-state index contributed by atoms with van der Waals surface area (Å²) in [5.41, 5.74) is 1.24. The van der Waals surface area contributed by atoms with Gasteiger partial charge in [-0.1, -0.05) is 0 Å². The SMILES string of the molecule is C[C@H](NC(=O)N(C)C[C@@H]1CCCN(C)[C@H]1c1cnn(C)c1)[C@@H]1CCCO1. The number of nitrogens with one attached hydrogen (secondary N) is 1. The second-order valence-corrected chi connectivity index (χ2v) is 7.95. The molecular formula is C19H33N5O2. The Kier molecular flexibility index (Phi) is 6.19. The van der Waals surface area contributed by atoms with Gasteiger partial charge in [-0.15, -0.1) is 0 Å².